The van der Waals surface area contributed by atoms with Gasteiger partial charge in [0, 0.05) is 19.0 Å². The largest absolute Gasteiger partial charge is 0.274 e. The lowest BCUT2D eigenvalue weighted by atomic mass is 9.98. The first-order valence-electron chi connectivity index (χ1n) is 5.90. The Morgan fingerprint density at radius 1 is 1.35 bits per heavy atom. The molecular weight excluding hydrogens is 244 g/mol. The zero-order chi connectivity index (χ0) is 12.9. The van der Waals surface area contributed by atoms with E-state index >= 15 is 0 Å². The van der Waals surface area contributed by atoms with Gasteiger partial charge in [0.1, 0.15) is 0 Å². The number of hydrogen-bond donors (Lipinski definition) is 1. The number of sulfonamides is 1. The summed E-state index contributed by atoms with van der Waals surface area (Å²) < 4.78 is 24.7. The smallest absolute Gasteiger partial charge is 0.246 e. The molecule has 1 rings (SSSR count). The Morgan fingerprint density at radius 3 is 2.41 bits per heavy atom. The van der Waals surface area contributed by atoms with Crippen molar-refractivity contribution < 1.29 is 18.0 Å². The van der Waals surface area contributed by atoms with Crippen LogP contribution in [-0.2, 0) is 19.7 Å². The van der Waals surface area contributed by atoms with E-state index < -0.39 is 10.0 Å². The van der Waals surface area contributed by atoms with Gasteiger partial charge in [-0.15, -0.1) is 0 Å². The molecule has 0 aromatic carbocycles. The number of rotatable bonds is 5. The molecule has 1 fully saturated rings. The third kappa shape index (κ3) is 3.93. The molecule has 1 amide bonds. The normalized spacial score (nSPS) is 19.2. The van der Waals surface area contributed by atoms with E-state index in [4.69, 9.17) is 4.84 Å². The number of nitrogens with one attached hydrogen (secondary N) is 1. The first kappa shape index (κ1) is 14.4. The molecule has 0 aliphatic carbocycles. The molecular formula is C10H20N2O4S. The van der Waals surface area contributed by atoms with Crippen LogP contribution in [0.3, 0.4) is 0 Å². The van der Waals surface area contributed by atoms with Crippen LogP contribution in [0.25, 0.3) is 0 Å². The van der Waals surface area contributed by atoms with Gasteiger partial charge in [-0.05, 0) is 26.7 Å². The summed E-state index contributed by atoms with van der Waals surface area (Å²) in [6.45, 7) is 4.68. The Bertz CT molecular complexity index is 347. The molecule has 0 unspecified atom stereocenters. The van der Waals surface area contributed by atoms with Crippen molar-refractivity contribution in [1.82, 2.24) is 9.79 Å². The molecule has 0 aromatic heterocycles. The standard InChI is InChI=1S/C10H20N2O4S/c1-3-16-11-10(13)9-5-7-12(8-6-9)17(14,15)4-2/h9H,3-8H2,1-2H3,(H,11,13). The van der Waals surface area contributed by atoms with Crippen LogP contribution in [0.1, 0.15) is 26.7 Å². The predicted octanol–water partition coefficient (Wildman–Crippen LogP) is 0.116. The summed E-state index contributed by atoms with van der Waals surface area (Å²) >= 11 is 0. The van der Waals surface area contributed by atoms with Gasteiger partial charge in [-0.25, -0.2) is 18.2 Å². The molecule has 1 N–H and O–H groups in total. The molecule has 17 heavy (non-hydrogen) atoms. The van der Waals surface area contributed by atoms with Gasteiger partial charge in [0.15, 0.2) is 0 Å². The molecule has 0 saturated carbocycles. The van der Waals surface area contributed by atoms with Crippen molar-refractivity contribution in [2.75, 3.05) is 25.4 Å². The highest BCUT2D eigenvalue weighted by molar-refractivity contribution is 7.89. The van der Waals surface area contributed by atoms with Crippen LogP contribution in [0.2, 0.25) is 0 Å². The Morgan fingerprint density at radius 2 is 1.94 bits per heavy atom. The van der Waals surface area contributed by atoms with Crippen LogP contribution in [0.5, 0.6) is 0 Å². The summed E-state index contributed by atoms with van der Waals surface area (Å²) in [5.74, 6) is -0.187. The van der Waals surface area contributed by atoms with Gasteiger partial charge in [0.05, 0.1) is 12.4 Å². The Balaban J connectivity index is 2.43. The molecule has 1 aliphatic heterocycles. The van der Waals surface area contributed by atoms with Crippen LogP contribution in [-0.4, -0.2) is 44.1 Å². The van der Waals surface area contributed by atoms with Crippen LogP contribution in [0.4, 0.5) is 0 Å². The average Bonchev–Trinajstić information content (AvgIpc) is 2.36. The van der Waals surface area contributed by atoms with Crippen LogP contribution < -0.4 is 5.48 Å². The highest BCUT2D eigenvalue weighted by atomic mass is 32.2. The van der Waals surface area contributed by atoms with E-state index in [1.165, 1.54) is 4.31 Å². The second-order valence-corrected chi connectivity index (χ2v) is 6.23. The monoisotopic (exact) mass is 264 g/mol. The van der Waals surface area contributed by atoms with E-state index in [2.05, 4.69) is 5.48 Å². The first-order valence-corrected chi connectivity index (χ1v) is 7.51. The number of piperidine rings is 1. The first-order chi connectivity index (χ1) is 8.01. The quantitative estimate of drug-likeness (QED) is 0.715. The lowest BCUT2D eigenvalue weighted by Gasteiger charge is -2.29. The summed E-state index contributed by atoms with van der Waals surface area (Å²) in [6.07, 6.45) is 1.11. The second kappa shape index (κ2) is 6.32. The number of amides is 1. The van der Waals surface area contributed by atoms with Crippen molar-refractivity contribution in [3.8, 4) is 0 Å². The maximum atomic E-state index is 11.6. The second-order valence-electron chi connectivity index (χ2n) is 3.97. The van der Waals surface area contributed by atoms with Crippen LogP contribution in [0.15, 0.2) is 0 Å². The highest BCUT2D eigenvalue weighted by Crippen LogP contribution is 2.19. The number of carbonyl (C=O) groups is 1. The van der Waals surface area contributed by atoms with E-state index in [0.29, 0.717) is 32.5 Å². The minimum absolute atomic E-state index is 0.114. The van der Waals surface area contributed by atoms with Gasteiger partial charge in [-0.1, -0.05) is 0 Å². The minimum atomic E-state index is -3.12. The molecule has 0 atom stereocenters. The lowest BCUT2D eigenvalue weighted by Crippen LogP contribution is -2.43. The summed E-state index contributed by atoms with van der Waals surface area (Å²) in [5, 5.41) is 0. The third-order valence-corrected chi connectivity index (χ3v) is 4.78. The Kier molecular flexibility index (Phi) is 5.35. The maximum Gasteiger partial charge on any atom is 0.246 e. The van der Waals surface area contributed by atoms with Crippen molar-refractivity contribution in [2.45, 2.75) is 26.7 Å². The third-order valence-electron chi connectivity index (χ3n) is 2.90. The fourth-order valence-corrected chi connectivity index (χ4v) is 2.94. The van der Waals surface area contributed by atoms with Crippen molar-refractivity contribution in [3.05, 3.63) is 0 Å². The van der Waals surface area contributed by atoms with Crippen LogP contribution in [0, 0.1) is 5.92 Å². The van der Waals surface area contributed by atoms with Gasteiger partial charge in [0.2, 0.25) is 15.9 Å². The van der Waals surface area contributed by atoms with E-state index in [-0.39, 0.29) is 17.6 Å². The predicted molar refractivity (Wildman–Crippen MR) is 63.5 cm³/mol. The summed E-state index contributed by atoms with van der Waals surface area (Å²) in [7, 11) is -3.12. The number of nitrogens with zero attached hydrogens (tertiary/aromatic N) is 1. The number of carbonyl (C=O) groups excluding carboxylic acids is 1. The molecule has 6 nitrogen and oxygen atoms in total. The summed E-state index contributed by atoms with van der Waals surface area (Å²) in [4.78, 5) is 16.4. The van der Waals surface area contributed by atoms with Crippen molar-refractivity contribution >= 4 is 15.9 Å². The number of hydroxylamine groups is 1. The maximum absolute atomic E-state index is 11.6. The lowest BCUT2D eigenvalue weighted by molar-refractivity contribution is -0.138. The SMILES string of the molecule is CCONC(=O)C1CCN(S(=O)(=O)CC)CC1. The van der Waals surface area contributed by atoms with Crippen molar-refractivity contribution in [3.63, 3.8) is 0 Å². The minimum Gasteiger partial charge on any atom is -0.274 e. The summed E-state index contributed by atoms with van der Waals surface area (Å²) in [6, 6.07) is 0. The highest BCUT2D eigenvalue weighted by Gasteiger charge is 2.30. The summed E-state index contributed by atoms with van der Waals surface area (Å²) in [5.41, 5.74) is 2.36. The Hall–Kier alpha value is -0.660. The van der Waals surface area contributed by atoms with E-state index in [0.717, 1.165) is 0 Å². The molecule has 0 bridgehead atoms. The van der Waals surface area contributed by atoms with Gasteiger partial charge >= 0.3 is 0 Å². The van der Waals surface area contributed by atoms with Crippen LogP contribution >= 0.6 is 0 Å². The zero-order valence-corrected chi connectivity index (χ0v) is 11.1. The van der Waals surface area contributed by atoms with Crippen molar-refractivity contribution in [1.29, 1.82) is 0 Å². The molecule has 1 aliphatic rings. The molecule has 0 spiro atoms. The van der Waals surface area contributed by atoms with Gasteiger partial charge in [-0.2, -0.15) is 0 Å². The molecule has 1 heterocycles. The fourth-order valence-electron chi connectivity index (χ4n) is 1.81. The number of hydrogen-bond acceptors (Lipinski definition) is 4. The Labute approximate surface area is 102 Å². The zero-order valence-electron chi connectivity index (χ0n) is 10.3. The van der Waals surface area contributed by atoms with E-state index in [1.54, 1.807) is 13.8 Å². The van der Waals surface area contributed by atoms with Crippen molar-refractivity contribution in [2.24, 2.45) is 5.92 Å². The van der Waals surface area contributed by atoms with Gasteiger partial charge < -0.3 is 0 Å². The molecule has 1 saturated heterocycles. The van der Waals surface area contributed by atoms with Gasteiger partial charge in [0.25, 0.3) is 0 Å². The topological polar surface area (TPSA) is 75.7 Å². The van der Waals surface area contributed by atoms with E-state index in [1.807, 2.05) is 0 Å². The molecule has 100 valence electrons. The average molecular weight is 264 g/mol. The molecule has 0 aromatic rings. The molecule has 0 radical (unpaired) electrons. The van der Waals surface area contributed by atoms with Gasteiger partial charge in [-0.3, -0.25) is 9.63 Å². The van der Waals surface area contributed by atoms with E-state index in [9.17, 15) is 13.2 Å². The molecule has 7 heteroatoms. The fraction of sp³-hybridized carbons (Fsp3) is 0.900.